The van der Waals surface area contributed by atoms with Crippen molar-refractivity contribution in [1.29, 1.82) is 0 Å². The number of nitrogens with zero attached hydrogens (tertiary/aromatic N) is 6. The lowest BCUT2D eigenvalue weighted by Crippen LogP contribution is -2.35. The monoisotopic (exact) mass is 388 g/mol. The number of tetrazole rings is 1. The van der Waals surface area contributed by atoms with E-state index in [4.69, 9.17) is 17.2 Å². The molecule has 2 aromatic heterocycles. The predicted molar refractivity (Wildman–Crippen MR) is 107 cm³/mol. The van der Waals surface area contributed by atoms with Gasteiger partial charge in [-0.2, -0.15) is 0 Å². The maximum Gasteiger partial charge on any atom is 0.217 e. The zero-order valence-electron chi connectivity index (χ0n) is 15.4. The second kappa shape index (κ2) is 6.83. The van der Waals surface area contributed by atoms with E-state index in [0.717, 1.165) is 18.5 Å². The van der Waals surface area contributed by atoms with Crippen molar-refractivity contribution in [1.82, 2.24) is 29.7 Å². The van der Waals surface area contributed by atoms with Crippen LogP contribution in [0.15, 0.2) is 24.3 Å². The van der Waals surface area contributed by atoms with E-state index in [1.165, 1.54) is 22.5 Å². The predicted octanol–water partition coefficient (Wildman–Crippen LogP) is 4.36. The summed E-state index contributed by atoms with van der Waals surface area (Å²) in [7, 11) is 0. The number of hydrogen-bond donors (Lipinski definition) is 0. The van der Waals surface area contributed by atoms with E-state index in [9.17, 15) is 0 Å². The van der Waals surface area contributed by atoms with Crippen LogP contribution in [0.5, 0.6) is 0 Å². The highest BCUT2D eigenvalue weighted by Crippen LogP contribution is 2.35. The van der Waals surface area contributed by atoms with E-state index >= 15 is 0 Å². The second-order valence-electron chi connectivity index (χ2n) is 7.83. The van der Waals surface area contributed by atoms with E-state index in [1.807, 2.05) is 9.36 Å². The minimum atomic E-state index is -0.163. The summed E-state index contributed by atoms with van der Waals surface area (Å²) in [5, 5.41) is 9.78. The van der Waals surface area contributed by atoms with Crippen molar-refractivity contribution in [2.75, 3.05) is 6.54 Å². The van der Waals surface area contributed by atoms with E-state index < -0.39 is 0 Å². The van der Waals surface area contributed by atoms with Gasteiger partial charge < -0.3 is 0 Å². The number of aromatic nitrogens is 5. The SMILES string of the molecule is CC(C)(C)n1nnn(CN2CCCCC2c2nc3ccccc3s2)c1=S. The molecule has 1 aliphatic rings. The standard InChI is InChI=1S/C18H24N6S2/c1-18(2,3)24-17(25)23(20-21-24)12-22-11-7-6-9-14(22)16-19-13-8-4-5-10-15(13)26-16/h4-5,8,10,14H,6-7,9,11-12H2,1-3H3. The smallest absolute Gasteiger partial charge is 0.217 e. The Morgan fingerprint density at radius 2 is 2.00 bits per heavy atom. The molecule has 1 atom stereocenters. The number of rotatable bonds is 3. The lowest BCUT2D eigenvalue weighted by molar-refractivity contribution is 0.102. The molecule has 0 saturated carbocycles. The quantitative estimate of drug-likeness (QED) is 0.624. The van der Waals surface area contributed by atoms with E-state index in [0.29, 0.717) is 17.5 Å². The van der Waals surface area contributed by atoms with Crippen molar-refractivity contribution < 1.29 is 0 Å². The molecular weight excluding hydrogens is 364 g/mol. The normalized spacial score (nSPS) is 19.3. The molecule has 8 heteroatoms. The van der Waals surface area contributed by atoms with Gasteiger partial charge in [0.15, 0.2) is 0 Å². The van der Waals surface area contributed by atoms with Gasteiger partial charge >= 0.3 is 0 Å². The molecule has 0 radical (unpaired) electrons. The van der Waals surface area contributed by atoms with Crippen molar-refractivity contribution in [3.05, 3.63) is 34.0 Å². The first-order valence-corrected chi connectivity index (χ1v) is 10.3. The van der Waals surface area contributed by atoms with Crippen molar-refractivity contribution in [2.24, 2.45) is 0 Å². The Morgan fingerprint density at radius 1 is 1.19 bits per heavy atom. The first kappa shape index (κ1) is 17.8. The Bertz CT molecular complexity index is 931. The fraction of sp³-hybridized carbons (Fsp3) is 0.556. The third kappa shape index (κ3) is 3.33. The zero-order chi connectivity index (χ0) is 18.3. The highest BCUT2D eigenvalue weighted by Gasteiger charge is 2.28. The molecule has 1 saturated heterocycles. The fourth-order valence-corrected chi connectivity index (χ4v) is 4.97. The number of fused-ring (bicyclic) bond motifs is 1. The van der Waals surface area contributed by atoms with Gasteiger partial charge in [0.1, 0.15) is 5.01 Å². The Labute approximate surface area is 162 Å². The maximum absolute atomic E-state index is 5.61. The van der Waals surface area contributed by atoms with Crippen molar-refractivity contribution >= 4 is 33.8 Å². The molecule has 0 aliphatic carbocycles. The Morgan fingerprint density at radius 3 is 2.73 bits per heavy atom. The summed E-state index contributed by atoms with van der Waals surface area (Å²) in [5.74, 6) is 0. The van der Waals surface area contributed by atoms with Gasteiger partial charge in [-0.25, -0.2) is 14.3 Å². The van der Waals surface area contributed by atoms with Gasteiger partial charge in [-0.3, -0.25) is 4.90 Å². The molecule has 1 aromatic carbocycles. The lowest BCUT2D eigenvalue weighted by Gasteiger charge is -2.33. The summed E-state index contributed by atoms with van der Waals surface area (Å²) in [4.78, 5) is 7.34. The molecule has 0 bridgehead atoms. The minimum absolute atomic E-state index is 0.163. The zero-order valence-corrected chi connectivity index (χ0v) is 17.1. The van der Waals surface area contributed by atoms with Crippen LogP contribution in [0, 0.1) is 4.77 Å². The number of thiazole rings is 1. The molecule has 6 nitrogen and oxygen atoms in total. The largest absolute Gasteiger partial charge is 0.275 e. The highest BCUT2D eigenvalue weighted by molar-refractivity contribution is 7.71. The first-order chi connectivity index (χ1) is 12.4. The van der Waals surface area contributed by atoms with Crippen LogP contribution in [0.2, 0.25) is 0 Å². The van der Waals surface area contributed by atoms with Crippen molar-refractivity contribution in [3.63, 3.8) is 0 Å². The summed E-state index contributed by atoms with van der Waals surface area (Å²) in [6, 6.07) is 8.69. The molecule has 0 N–H and O–H groups in total. The average molecular weight is 389 g/mol. The number of likely N-dealkylation sites (tertiary alicyclic amines) is 1. The topological polar surface area (TPSA) is 51.8 Å². The fourth-order valence-electron chi connectivity index (χ4n) is 3.43. The van der Waals surface area contributed by atoms with Crippen LogP contribution in [0.3, 0.4) is 0 Å². The number of hydrogen-bond acceptors (Lipinski definition) is 6. The number of piperidine rings is 1. The van der Waals surface area contributed by atoms with E-state index in [1.54, 1.807) is 11.3 Å². The Kier molecular flexibility index (Phi) is 4.66. The molecule has 0 amide bonds. The van der Waals surface area contributed by atoms with Gasteiger partial charge in [0.25, 0.3) is 0 Å². The van der Waals surface area contributed by atoms with Crippen LogP contribution >= 0.6 is 23.6 Å². The van der Waals surface area contributed by atoms with Crippen LogP contribution in [0.1, 0.15) is 51.1 Å². The van der Waals surface area contributed by atoms with E-state index in [-0.39, 0.29) is 5.54 Å². The number of para-hydroxylation sites is 1. The molecule has 1 fully saturated rings. The first-order valence-electron chi connectivity index (χ1n) is 9.06. The molecule has 138 valence electrons. The number of benzene rings is 1. The maximum atomic E-state index is 5.61. The van der Waals surface area contributed by atoms with Gasteiger partial charge in [0.05, 0.1) is 28.5 Å². The molecule has 0 spiro atoms. The van der Waals surface area contributed by atoms with Crippen LogP contribution in [-0.2, 0) is 12.2 Å². The van der Waals surface area contributed by atoms with Crippen LogP contribution < -0.4 is 0 Å². The van der Waals surface area contributed by atoms with Crippen LogP contribution in [0.4, 0.5) is 0 Å². The summed E-state index contributed by atoms with van der Waals surface area (Å²) in [5.41, 5.74) is 0.928. The molecule has 26 heavy (non-hydrogen) atoms. The van der Waals surface area contributed by atoms with Crippen molar-refractivity contribution in [3.8, 4) is 0 Å². The summed E-state index contributed by atoms with van der Waals surface area (Å²) in [6.07, 6.45) is 3.56. The third-order valence-electron chi connectivity index (χ3n) is 4.80. The van der Waals surface area contributed by atoms with E-state index in [2.05, 4.69) is 60.4 Å². The minimum Gasteiger partial charge on any atom is -0.275 e. The average Bonchev–Trinajstić information content (AvgIpc) is 3.19. The van der Waals surface area contributed by atoms with Crippen LogP contribution in [-0.4, -0.2) is 36.2 Å². The van der Waals surface area contributed by atoms with Gasteiger partial charge in [-0.05, 0) is 68.4 Å². The third-order valence-corrected chi connectivity index (χ3v) is 6.32. The molecule has 4 rings (SSSR count). The molecular formula is C18H24N6S2. The Hall–Kier alpha value is -1.64. The molecule has 1 aliphatic heterocycles. The van der Waals surface area contributed by atoms with Gasteiger partial charge in [0, 0.05) is 6.54 Å². The second-order valence-corrected chi connectivity index (χ2v) is 9.26. The van der Waals surface area contributed by atoms with Gasteiger partial charge in [-0.1, -0.05) is 18.6 Å². The summed E-state index contributed by atoms with van der Waals surface area (Å²) in [6.45, 7) is 7.96. The van der Waals surface area contributed by atoms with Crippen molar-refractivity contribution in [2.45, 2.75) is 58.3 Å². The van der Waals surface area contributed by atoms with Crippen LogP contribution in [0.25, 0.3) is 10.2 Å². The molecule has 3 heterocycles. The lowest BCUT2D eigenvalue weighted by atomic mass is 10.0. The van der Waals surface area contributed by atoms with Gasteiger partial charge in [-0.15, -0.1) is 11.3 Å². The molecule has 1 unspecified atom stereocenters. The molecule has 3 aromatic rings. The summed E-state index contributed by atoms with van der Waals surface area (Å²) >= 11 is 7.41. The summed E-state index contributed by atoms with van der Waals surface area (Å²) < 4.78 is 5.58. The Balaban J connectivity index is 1.62. The highest BCUT2D eigenvalue weighted by atomic mass is 32.1. The van der Waals surface area contributed by atoms with Gasteiger partial charge in [0.2, 0.25) is 4.77 Å².